The molecular weight excluding hydrogens is 368 g/mol. The largest absolute Gasteiger partial charge is 0.352 e. The van der Waals surface area contributed by atoms with Gasteiger partial charge in [0, 0.05) is 41.8 Å². The Balaban J connectivity index is 1.46. The number of carbonyl (C=O) groups excluding carboxylic acids is 1. The number of benzene rings is 1. The number of rotatable bonds is 6. The van der Waals surface area contributed by atoms with E-state index >= 15 is 0 Å². The van der Waals surface area contributed by atoms with Crippen molar-refractivity contribution in [1.29, 1.82) is 0 Å². The number of hydrogen-bond donors (Lipinski definition) is 1. The lowest BCUT2D eigenvalue weighted by Crippen LogP contribution is -2.24. The molecule has 0 bridgehead atoms. The van der Waals surface area contributed by atoms with Crippen LogP contribution < -0.4 is 5.32 Å². The first-order chi connectivity index (χ1) is 13.6. The van der Waals surface area contributed by atoms with Crippen LogP contribution in [0.25, 0.3) is 21.6 Å². The van der Waals surface area contributed by atoms with Crippen LogP contribution >= 0.6 is 11.3 Å². The highest BCUT2D eigenvalue weighted by Gasteiger charge is 2.14. The van der Waals surface area contributed by atoms with Crippen LogP contribution in [-0.4, -0.2) is 20.4 Å². The van der Waals surface area contributed by atoms with Crippen LogP contribution in [0, 0.1) is 6.92 Å². The number of pyridine rings is 1. The first-order valence-corrected chi connectivity index (χ1v) is 10.2. The molecule has 4 aromatic rings. The van der Waals surface area contributed by atoms with E-state index in [1.54, 1.807) is 11.3 Å². The predicted molar refractivity (Wildman–Crippen MR) is 113 cm³/mol. The smallest absolute Gasteiger partial charge is 0.226 e. The first-order valence-electron chi connectivity index (χ1n) is 9.35. The van der Waals surface area contributed by atoms with Gasteiger partial charge in [-0.15, -0.1) is 11.3 Å². The predicted octanol–water partition coefficient (Wildman–Crippen LogP) is 4.35. The number of aromatic nitrogens is 3. The highest BCUT2D eigenvalue weighted by Crippen LogP contribution is 2.31. The normalized spacial score (nSPS) is 11.1. The van der Waals surface area contributed by atoms with Gasteiger partial charge in [0.25, 0.3) is 0 Å². The second-order valence-electron chi connectivity index (χ2n) is 6.79. The Bertz CT molecular complexity index is 1110. The van der Waals surface area contributed by atoms with Crippen LogP contribution in [0.3, 0.4) is 0 Å². The van der Waals surface area contributed by atoms with Gasteiger partial charge in [0.1, 0.15) is 10.7 Å². The molecule has 1 aromatic carbocycles. The molecule has 3 aromatic heterocycles. The number of fused-ring (bicyclic) bond motifs is 1. The summed E-state index contributed by atoms with van der Waals surface area (Å²) in [6.45, 7) is 5.54. The summed E-state index contributed by atoms with van der Waals surface area (Å²) in [5.41, 5.74) is 5.14. The lowest BCUT2D eigenvalue weighted by atomic mass is 10.1. The second kappa shape index (κ2) is 7.94. The molecule has 4 rings (SSSR count). The summed E-state index contributed by atoms with van der Waals surface area (Å²) in [5.74, 6) is -0.0184. The van der Waals surface area contributed by atoms with Crippen molar-refractivity contribution in [1.82, 2.24) is 19.9 Å². The van der Waals surface area contributed by atoms with Gasteiger partial charge in [-0.25, -0.2) is 9.97 Å². The molecule has 6 heteroatoms. The molecule has 0 saturated heterocycles. The fourth-order valence-electron chi connectivity index (χ4n) is 3.18. The van der Waals surface area contributed by atoms with Gasteiger partial charge in [-0.1, -0.05) is 29.8 Å². The number of carbonyl (C=O) groups is 1. The summed E-state index contributed by atoms with van der Waals surface area (Å²) in [6, 6.07) is 12.2. The molecule has 0 saturated carbocycles. The molecule has 5 nitrogen and oxygen atoms in total. The number of nitrogens with zero attached hydrogens (tertiary/aromatic N) is 3. The van der Waals surface area contributed by atoms with Crippen molar-refractivity contribution in [3.63, 3.8) is 0 Å². The molecule has 0 unspecified atom stereocenters. The summed E-state index contributed by atoms with van der Waals surface area (Å²) in [4.78, 5) is 21.5. The molecule has 0 aliphatic carbocycles. The fraction of sp³-hybridized carbons (Fsp3) is 0.227. The lowest BCUT2D eigenvalue weighted by Gasteiger charge is -2.04. The minimum absolute atomic E-state index is 0.0184. The van der Waals surface area contributed by atoms with E-state index in [4.69, 9.17) is 4.98 Å². The molecule has 1 amide bonds. The van der Waals surface area contributed by atoms with E-state index in [9.17, 15) is 4.79 Å². The molecule has 0 spiro atoms. The van der Waals surface area contributed by atoms with Crippen molar-refractivity contribution >= 4 is 28.3 Å². The number of thiazole rings is 1. The van der Waals surface area contributed by atoms with E-state index in [0.29, 0.717) is 6.54 Å². The number of amides is 1. The number of nitrogens with one attached hydrogen (secondary N) is 1. The van der Waals surface area contributed by atoms with Gasteiger partial charge < -0.3 is 9.88 Å². The molecule has 28 heavy (non-hydrogen) atoms. The SMILES string of the molecule is CCn1cc(-c2nc(CC(=O)NCc3ccc(C)cc3)cs2)c2cccnc21. The third-order valence-corrected chi connectivity index (χ3v) is 5.63. The minimum Gasteiger partial charge on any atom is -0.352 e. The van der Waals surface area contributed by atoms with Crippen LogP contribution in [0.5, 0.6) is 0 Å². The highest BCUT2D eigenvalue weighted by molar-refractivity contribution is 7.13. The fourth-order valence-corrected chi connectivity index (χ4v) is 4.02. The topological polar surface area (TPSA) is 59.8 Å². The van der Waals surface area contributed by atoms with E-state index in [2.05, 4.69) is 53.1 Å². The molecule has 0 atom stereocenters. The Morgan fingerprint density at radius 2 is 2.04 bits per heavy atom. The Hall–Kier alpha value is -2.99. The standard InChI is InChI=1S/C22H22N4OS/c1-3-26-13-19(18-5-4-10-23-21(18)26)22-25-17(14-28-22)11-20(27)24-12-16-8-6-15(2)7-9-16/h4-10,13-14H,3,11-12H2,1-2H3,(H,24,27). The van der Waals surface area contributed by atoms with Crippen LogP contribution in [0.15, 0.2) is 54.2 Å². The van der Waals surface area contributed by atoms with Gasteiger partial charge in [-0.05, 0) is 31.5 Å². The zero-order valence-corrected chi connectivity index (χ0v) is 16.8. The van der Waals surface area contributed by atoms with Crippen molar-refractivity contribution in [3.05, 3.63) is 71.0 Å². The summed E-state index contributed by atoms with van der Waals surface area (Å²) in [6.07, 6.45) is 4.19. The zero-order chi connectivity index (χ0) is 19.5. The quantitative estimate of drug-likeness (QED) is 0.532. The third-order valence-electron chi connectivity index (χ3n) is 4.71. The first kappa shape index (κ1) is 18.4. The molecular formula is C22H22N4OS. The van der Waals surface area contributed by atoms with Gasteiger partial charge in [-0.3, -0.25) is 4.79 Å². The number of aryl methyl sites for hydroxylation is 2. The van der Waals surface area contributed by atoms with E-state index in [1.807, 2.05) is 29.8 Å². The summed E-state index contributed by atoms with van der Waals surface area (Å²) in [7, 11) is 0. The number of hydrogen-bond acceptors (Lipinski definition) is 4. The van der Waals surface area contributed by atoms with Crippen LogP contribution in [0.4, 0.5) is 0 Å². The third kappa shape index (κ3) is 3.82. The van der Waals surface area contributed by atoms with Crippen LogP contribution in [0.2, 0.25) is 0 Å². The maximum atomic E-state index is 12.3. The highest BCUT2D eigenvalue weighted by atomic mass is 32.1. The monoisotopic (exact) mass is 390 g/mol. The molecule has 1 N–H and O–H groups in total. The van der Waals surface area contributed by atoms with Crippen molar-refractivity contribution < 1.29 is 4.79 Å². The maximum Gasteiger partial charge on any atom is 0.226 e. The van der Waals surface area contributed by atoms with Crippen molar-refractivity contribution in [2.45, 2.75) is 33.4 Å². The van der Waals surface area contributed by atoms with Gasteiger partial charge in [-0.2, -0.15) is 0 Å². The van der Waals surface area contributed by atoms with E-state index in [0.717, 1.165) is 39.4 Å². The van der Waals surface area contributed by atoms with Crippen LogP contribution in [0.1, 0.15) is 23.7 Å². The molecule has 3 heterocycles. The van der Waals surface area contributed by atoms with Gasteiger partial charge in [0.05, 0.1) is 12.1 Å². The molecule has 0 fully saturated rings. The maximum absolute atomic E-state index is 12.3. The van der Waals surface area contributed by atoms with Gasteiger partial charge >= 0.3 is 0 Å². The zero-order valence-electron chi connectivity index (χ0n) is 16.0. The minimum atomic E-state index is -0.0184. The Kier molecular flexibility index (Phi) is 5.21. The van der Waals surface area contributed by atoms with E-state index in [-0.39, 0.29) is 12.3 Å². The summed E-state index contributed by atoms with van der Waals surface area (Å²) < 4.78 is 2.13. The van der Waals surface area contributed by atoms with Crippen molar-refractivity contribution in [2.75, 3.05) is 0 Å². The van der Waals surface area contributed by atoms with Gasteiger partial charge in [0.2, 0.25) is 5.91 Å². The molecule has 0 aliphatic rings. The summed E-state index contributed by atoms with van der Waals surface area (Å²) >= 11 is 1.57. The molecule has 142 valence electrons. The second-order valence-corrected chi connectivity index (χ2v) is 7.64. The van der Waals surface area contributed by atoms with E-state index < -0.39 is 0 Å². The average molecular weight is 391 g/mol. The van der Waals surface area contributed by atoms with Crippen LogP contribution in [-0.2, 0) is 24.3 Å². The lowest BCUT2D eigenvalue weighted by molar-refractivity contribution is -0.120. The van der Waals surface area contributed by atoms with Crippen molar-refractivity contribution in [3.8, 4) is 10.6 Å². The molecule has 0 radical (unpaired) electrons. The molecule has 0 aliphatic heterocycles. The average Bonchev–Trinajstić information content (AvgIpc) is 3.31. The summed E-state index contributed by atoms with van der Waals surface area (Å²) in [5, 5.41) is 6.95. The van der Waals surface area contributed by atoms with E-state index in [1.165, 1.54) is 5.56 Å². The Morgan fingerprint density at radius 1 is 1.21 bits per heavy atom. The Labute approximate surface area is 168 Å². The Morgan fingerprint density at radius 3 is 2.82 bits per heavy atom. The van der Waals surface area contributed by atoms with Crippen molar-refractivity contribution in [2.24, 2.45) is 0 Å². The van der Waals surface area contributed by atoms with Gasteiger partial charge in [0.15, 0.2) is 0 Å².